The number of hydrogen-bond acceptors (Lipinski definition) is 4. The van der Waals surface area contributed by atoms with Gasteiger partial charge in [0.25, 0.3) is 5.91 Å². The molecule has 146 valence electrons. The minimum Gasteiger partial charge on any atom is -0.338 e. The van der Waals surface area contributed by atoms with Crippen LogP contribution in [0.5, 0.6) is 0 Å². The van der Waals surface area contributed by atoms with Crippen LogP contribution >= 0.6 is 11.3 Å². The molecule has 0 radical (unpaired) electrons. The van der Waals surface area contributed by atoms with Gasteiger partial charge in [0.15, 0.2) is 5.65 Å². The van der Waals surface area contributed by atoms with Crippen LogP contribution in [0.15, 0.2) is 66.3 Å². The lowest BCUT2D eigenvalue weighted by atomic mass is 9.90. The zero-order valence-electron chi connectivity index (χ0n) is 16.1. The van der Waals surface area contributed by atoms with Crippen molar-refractivity contribution in [3.8, 4) is 10.6 Å². The molecule has 0 N–H and O–H groups in total. The third-order valence-corrected chi connectivity index (χ3v) is 6.57. The van der Waals surface area contributed by atoms with E-state index in [1.54, 1.807) is 28.2 Å². The molecule has 29 heavy (non-hydrogen) atoms. The van der Waals surface area contributed by atoms with Gasteiger partial charge in [-0.05, 0) is 48.3 Å². The highest BCUT2D eigenvalue weighted by molar-refractivity contribution is 7.13. The summed E-state index contributed by atoms with van der Waals surface area (Å²) in [5.74, 6) is 0.669. The molecule has 1 aliphatic rings. The number of hydrogen-bond donors (Lipinski definition) is 0. The first-order chi connectivity index (χ1) is 14.3. The van der Waals surface area contributed by atoms with E-state index < -0.39 is 0 Å². The highest BCUT2D eigenvalue weighted by atomic mass is 32.1. The predicted molar refractivity (Wildman–Crippen MR) is 115 cm³/mol. The van der Waals surface area contributed by atoms with E-state index in [0.717, 1.165) is 42.9 Å². The summed E-state index contributed by atoms with van der Waals surface area (Å²) in [6.07, 6.45) is 6.58. The van der Waals surface area contributed by atoms with E-state index in [0.29, 0.717) is 17.1 Å². The van der Waals surface area contributed by atoms with Crippen LogP contribution in [0.4, 0.5) is 0 Å². The zero-order valence-corrected chi connectivity index (χ0v) is 16.9. The van der Waals surface area contributed by atoms with Gasteiger partial charge in [-0.3, -0.25) is 4.79 Å². The summed E-state index contributed by atoms with van der Waals surface area (Å²) in [6, 6.07) is 16.6. The Balaban J connectivity index is 1.32. The minimum absolute atomic E-state index is 0.0361. The molecule has 1 amide bonds. The fraction of sp³-hybridized carbons (Fsp3) is 0.261. The topological polar surface area (TPSA) is 50.5 Å². The van der Waals surface area contributed by atoms with Gasteiger partial charge in [0, 0.05) is 19.3 Å². The third kappa shape index (κ3) is 3.56. The number of rotatable bonds is 4. The molecule has 0 aliphatic carbocycles. The smallest absolute Gasteiger partial charge is 0.259 e. The molecule has 0 saturated carbocycles. The molecule has 5 rings (SSSR count). The fourth-order valence-corrected chi connectivity index (χ4v) is 4.85. The van der Waals surface area contributed by atoms with E-state index in [4.69, 9.17) is 0 Å². The van der Waals surface area contributed by atoms with Crippen molar-refractivity contribution in [1.29, 1.82) is 0 Å². The third-order valence-electron chi connectivity index (χ3n) is 5.67. The maximum Gasteiger partial charge on any atom is 0.259 e. The van der Waals surface area contributed by atoms with Crippen LogP contribution < -0.4 is 0 Å². The van der Waals surface area contributed by atoms with Crippen molar-refractivity contribution in [1.82, 2.24) is 19.5 Å². The first kappa shape index (κ1) is 18.1. The summed E-state index contributed by atoms with van der Waals surface area (Å²) in [6.45, 7) is 1.58. The van der Waals surface area contributed by atoms with Crippen LogP contribution in [0.2, 0.25) is 0 Å². The van der Waals surface area contributed by atoms with Crippen molar-refractivity contribution in [3.63, 3.8) is 0 Å². The first-order valence-corrected chi connectivity index (χ1v) is 10.9. The first-order valence-electron chi connectivity index (χ1n) is 9.99. The van der Waals surface area contributed by atoms with E-state index in [1.165, 1.54) is 5.56 Å². The maximum absolute atomic E-state index is 13.2. The summed E-state index contributed by atoms with van der Waals surface area (Å²) in [5.41, 5.74) is 3.56. The van der Waals surface area contributed by atoms with Gasteiger partial charge in [0.2, 0.25) is 0 Å². The van der Waals surface area contributed by atoms with Crippen LogP contribution in [0, 0.1) is 5.92 Å². The number of carbonyl (C=O) groups is 1. The predicted octanol–water partition coefficient (Wildman–Crippen LogP) is 4.55. The molecule has 1 fully saturated rings. The molecule has 0 atom stereocenters. The van der Waals surface area contributed by atoms with Gasteiger partial charge >= 0.3 is 0 Å². The van der Waals surface area contributed by atoms with Gasteiger partial charge in [-0.15, -0.1) is 11.3 Å². The largest absolute Gasteiger partial charge is 0.338 e. The number of fused-ring (bicyclic) bond motifs is 1. The normalized spacial score (nSPS) is 15.1. The summed E-state index contributed by atoms with van der Waals surface area (Å²) < 4.78 is 1.78. The summed E-state index contributed by atoms with van der Waals surface area (Å²) in [7, 11) is 0. The maximum atomic E-state index is 13.2. The van der Waals surface area contributed by atoms with Crippen molar-refractivity contribution >= 4 is 22.9 Å². The molecule has 5 nitrogen and oxygen atoms in total. The van der Waals surface area contributed by atoms with Crippen molar-refractivity contribution in [2.75, 3.05) is 13.1 Å². The molecule has 0 unspecified atom stereocenters. The number of thiophene rings is 1. The second-order valence-corrected chi connectivity index (χ2v) is 8.47. The highest BCUT2D eigenvalue weighted by Gasteiger charge is 2.26. The van der Waals surface area contributed by atoms with E-state index in [9.17, 15) is 4.79 Å². The Kier molecular flexibility index (Phi) is 4.86. The quantitative estimate of drug-likeness (QED) is 0.503. The molecular formula is C23H22N4OS. The van der Waals surface area contributed by atoms with E-state index in [1.807, 2.05) is 22.4 Å². The van der Waals surface area contributed by atoms with Crippen molar-refractivity contribution < 1.29 is 4.79 Å². The Bertz CT molecular complexity index is 1110. The number of benzene rings is 1. The zero-order chi connectivity index (χ0) is 19.6. The van der Waals surface area contributed by atoms with Gasteiger partial charge in [0.05, 0.1) is 16.8 Å². The lowest BCUT2D eigenvalue weighted by Gasteiger charge is -2.32. The molecule has 4 heterocycles. The Morgan fingerprint density at radius 3 is 2.66 bits per heavy atom. The lowest BCUT2D eigenvalue weighted by molar-refractivity contribution is 0.0692. The number of likely N-dealkylation sites (tertiary alicyclic amines) is 1. The minimum atomic E-state index is 0.0361. The number of carbonyl (C=O) groups excluding carboxylic acids is 1. The van der Waals surface area contributed by atoms with Crippen LogP contribution in [-0.2, 0) is 6.42 Å². The number of nitrogens with zero attached hydrogens (tertiary/aromatic N) is 4. The SMILES string of the molecule is O=C(c1cnn2c(-c3cccs3)ccnc12)N1CCC(Cc2ccccc2)CC1. The van der Waals surface area contributed by atoms with Crippen LogP contribution in [-0.4, -0.2) is 38.5 Å². The number of amides is 1. The fourth-order valence-electron chi connectivity index (χ4n) is 4.11. The van der Waals surface area contributed by atoms with Gasteiger partial charge in [-0.1, -0.05) is 36.4 Å². The van der Waals surface area contributed by atoms with Crippen molar-refractivity contribution in [2.24, 2.45) is 5.92 Å². The van der Waals surface area contributed by atoms with Crippen LogP contribution in [0.3, 0.4) is 0 Å². The lowest BCUT2D eigenvalue weighted by Crippen LogP contribution is -2.38. The second kappa shape index (κ2) is 7.79. The Morgan fingerprint density at radius 1 is 1.07 bits per heavy atom. The molecule has 1 aromatic carbocycles. The van der Waals surface area contributed by atoms with E-state index in [2.05, 4.69) is 46.5 Å². The molecule has 1 aliphatic heterocycles. The molecule has 0 bridgehead atoms. The van der Waals surface area contributed by atoms with Gasteiger partial charge in [-0.2, -0.15) is 5.10 Å². The van der Waals surface area contributed by atoms with Crippen molar-refractivity contribution in [2.45, 2.75) is 19.3 Å². The Labute approximate surface area is 173 Å². The Morgan fingerprint density at radius 2 is 1.90 bits per heavy atom. The number of aromatic nitrogens is 3. The molecule has 4 aromatic rings. The van der Waals surface area contributed by atoms with Crippen molar-refractivity contribution in [3.05, 3.63) is 77.4 Å². The summed E-state index contributed by atoms with van der Waals surface area (Å²) in [4.78, 5) is 20.7. The van der Waals surface area contributed by atoms with Crippen LogP contribution in [0.1, 0.15) is 28.8 Å². The average Bonchev–Trinajstić information content (AvgIpc) is 3.45. The molecule has 3 aromatic heterocycles. The van der Waals surface area contributed by atoms with Gasteiger partial charge < -0.3 is 4.90 Å². The van der Waals surface area contributed by atoms with Gasteiger partial charge in [0.1, 0.15) is 5.56 Å². The molecule has 6 heteroatoms. The number of piperidine rings is 1. The second-order valence-electron chi connectivity index (χ2n) is 7.53. The van der Waals surface area contributed by atoms with E-state index >= 15 is 0 Å². The monoisotopic (exact) mass is 402 g/mol. The van der Waals surface area contributed by atoms with Crippen LogP contribution in [0.25, 0.3) is 16.2 Å². The summed E-state index contributed by atoms with van der Waals surface area (Å²) in [5, 5.41) is 6.51. The summed E-state index contributed by atoms with van der Waals surface area (Å²) >= 11 is 1.65. The molecular weight excluding hydrogens is 380 g/mol. The standard InChI is InChI=1S/C23H22N4OS/c28-23(26-12-9-18(10-13-26)15-17-5-2-1-3-6-17)19-16-25-27-20(8-11-24-22(19)27)21-7-4-14-29-21/h1-8,11,14,16,18H,9-10,12-13,15H2. The Hall–Kier alpha value is -2.99. The molecule has 1 saturated heterocycles. The molecule has 0 spiro atoms. The highest BCUT2D eigenvalue weighted by Crippen LogP contribution is 2.27. The van der Waals surface area contributed by atoms with E-state index in [-0.39, 0.29) is 5.91 Å². The van der Waals surface area contributed by atoms with Gasteiger partial charge in [-0.25, -0.2) is 9.50 Å². The average molecular weight is 403 g/mol.